The molecule has 0 N–H and O–H groups in total. The Balaban J connectivity index is 1.90. The van der Waals surface area contributed by atoms with Gasteiger partial charge >= 0.3 is 0 Å². The van der Waals surface area contributed by atoms with Gasteiger partial charge in [-0.1, -0.05) is 31.5 Å². The zero-order chi connectivity index (χ0) is 14.7. The molecule has 5 nitrogen and oxygen atoms in total. The third-order valence-electron chi connectivity index (χ3n) is 3.86. The first-order valence-electron chi connectivity index (χ1n) is 7.64. The van der Waals surface area contributed by atoms with Gasteiger partial charge in [-0.05, 0) is 12.5 Å². The van der Waals surface area contributed by atoms with Crippen LogP contribution in [-0.4, -0.2) is 49.5 Å². The van der Waals surface area contributed by atoms with Crippen LogP contribution >= 0.6 is 0 Å². The lowest BCUT2D eigenvalue weighted by Gasteiger charge is -2.24. The normalized spacial score (nSPS) is 20.2. The van der Waals surface area contributed by atoms with Crippen LogP contribution in [0.2, 0.25) is 0 Å². The second-order valence-corrected chi connectivity index (χ2v) is 5.34. The molecule has 112 valence electrons. The standard InChI is InChI=1S/C16H21N3O2/c1-2-3-8-19-14-7-5-4-6-13(14)15(16(19)20)17-18-9-11-21-12-10-18/h4-7H,2-3,8-12H2,1H3. The van der Waals surface area contributed by atoms with Crippen molar-refractivity contribution in [3.05, 3.63) is 29.8 Å². The van der Waals surface area contributed by atoms with Gasteiger partial charge in [0.05, 0.1) is 32.0 Å². The van der Waals surface area contributed by atoms with Gasteiger partial charge in [-0.3, -0.25) is 9.80 Å². The van der Waals surface area contributed by atoms with E-state index in [9.17, 15) is 4.79 Å². The van der Waals surface area contributed by atoms with E-state index in [2.05, 4.69) is 12.0 Å². The quantitative estimate of drug-likeness (QED) is 0.849. The van der Waals surface area contributed by atoms with E-state index in [0.29, 0.717) is 18.9 Å². The molecule has 0 aliphatic carbocycles. The van der Waals surface area contributed by atoms with Crippen molar-refractivity contribution in [2.45, 2.75) is 19.8 Å². The highest BCUT2D eigenvalue weighted by Gasteiger charge is 2.33. The molecular formula is C16H21N3O2. The van der Waals surface area contributed by atoms with E-state index in [1.54, 1.807) is 0 Å². The number of anilines is 1. The van der Waals surface area contributed by atoms with E-state index in [1.165, 1.54) is 0 Å². The largest absolute Gasteiger partial charge is 0.378 e. The monoisotopic (exact) mass is 287 g/mol. The Kier molecular flexibility index (Phi) is 4.20. The Labute approximate surface area is 125 Å². The van der Waals surface area contributed by atoms with Crippen LogP contribution in [0.4, 0.5) is 5.69 Å². The van der Waals surface area contributed by atoms with E-state index in [1.807, 2.05) is 34.2 Å². The molecule has 0 unspecified atom stereocenters. The maximum Gasteiger partial charge on any atom is 0.279 e. The van der Waals surface area contributed by atoms with Crippen molar-refractivity contribution in [1.29, 1.82) is 0 Å². The molecule has 0 atom stereocenters. The molecule has 1 aromatic carbocycles. The Bertz CT molecular complexity index is 550. The summed E-state index contributed by atoms with van der Waals surface area (Å²) in [7, 11) is 0. The fourth-order valence-corrected chi connectivity index (χ4v) is 2.69. The molecule has 0 saturated carbocycles. The van der Waals surface area contributed by atoms with Crippen molar-refractivity contribution in [2.75, 3.05) is 37.7 Å². The molecule has 1 fully saturated rings. The summed E-state index contributed by atoms with van der Waals surface area (Å²) in [5, 5.41) is 6.54. The van der Waals surface area contributed by atoms with Crippen LogP contribution in [-0.2, 0) is 9.53 Å². The van der Waals surface area contributed by atoms with Gasteiger partial charge in [0.2, 0.25) is 0 Å². The number of carbonyl (C=O) groups is 1. The van der Waals surface area contributed by atoms with Crippen LogP contribution in [0.25, 0.3) is 0 Å². The van der Waals surface area contributed by atoms with Crippen LogP contribution in [0.5, 0.6) is 0 Å². The van der Waals surface area contributed by atoms with E-state index >= 15 is 0 Å². The predicted octanol–water partition coefficient (Wildman–Crippen LogP) is 1.87. The molecule has 21 heavy (non-hydrogen) atoms. The number of unbranched alkanes of at least 4 members (excludes halogenated alkanes) is 1. The highest BCUT2D eigenvalue weighted by molar-refractivity contribution is 6.54. The fourth-order valence-electron chi connectivity index (χ4n) is 2.69. The Morgan fingerprint density at radius 3 is 2.76 bits per heavy atom. The summed E-state index contributed by atoms with van der Waals surface area (Å²) in [5.74, 6) is 0.0242. The number of para-hydroxylation sites is 1. The van der Waals surface area contributed by atoms with Crippen LogP contribution in [0.15, 0.2) is 29.4 Å². The van der Waals surface area contributed by atoms with Crippen LogP contribution < -0.4 is 4.90 Å². The third kappa shape index (κ3) is 2.78. The average Bonchev–Trinajstić information content (AvgIpc) is 2.79. The van der Waals surface area contributed by atoms with Crippen molar-refractivity contribution in [1.82, 2.24) is 5.01 Å². The fraction of sp³-hybridized carbons (Fsp3) is 0.500. The number of ether oxygens (including phenoxy) is 1. The van der Waals surface area contributed by atoms with Crippen molar-refractivity contribution in [3.8, 4) is 0 Å². The van der Waals surface area contributed by atoms with Crippen molar-refractivity contribution in [3.63, 3.8) is 0 Å². The smallest absolute Gasteiger partial charge is 0.279 e. The van der Waals surface area contributed by atoms with Crippen molar-refractivity contribution in [2.24, 2.45) is 5.10 Å². The number of amides is 1. The van der Waals surface area contributed by atoms with Gasteiger partial charge in [0.25, 0.3) is 5.91 Å². The molecule has 2 aliphatic rings. The van der Waals surface area contributed by atoms with E-state index in [-0.39, 0.29) is 5.91 Å². The van der Waals surface area contributed by atoms with E-state index < -0.39 is 0 Å². The molecule has 1 aromatic rings. The molecule has 1 saturated heterocycles. The first kappa shape index (κ1) is 14.1. The Morgan fingerprint density at radius 2 is 2.00 bits per heavy atom. The van der Waals surface area contributed by atoms with Crippen LogP contribution in [0.1, 0.15) is 25.3 Å². The average molecular weight is 287 g/mol. The number of benzene rings is 1. The van der Waals surface area contributed by atoms with Gasteiger partial charge in [0, 0.05) is 12.1 Å². The molecule has 0 radical (unpaired) electrons. The van der Waals surface area contributed by atoms with E-state index in [4.69, 9.17) is 4.74 Å². The summed E-state index contributed by atoms with van der Waals surface area (Å²) >= 11 is 0. The zero-order valence-corrected chi connectivity index (χ0v) is 12.4. The topological polar surface area (TPSA) is 45.1 Å². The van der Waals surface area contributed by atoms with Gasteiger partial charge in [-0.15, -0.1) is 0 Å². The summed E-state index contributed by atoms with van der Waals surface area (Å²) in [6, 6.07) is 7.93. The molecule has 0 spiro atoms. The summed E-state index contributed by atoms with van der Waals surface area (Å²) < 4.78 is 5.33. The van der Waals surface area contributed by atoms with Gasteiger partial charge < -0.3 is 9.64 Å². The van der Waals surface area contributed by atoms with E-state index in [0.717, 1.165) is 43.7 Å². The Morgan fingerprint density at radius 1 is 1.24 bits per heavy atom. The number of hydrogen-bond donors (Lipinski definition) is 0. The maximum absolute atomic E-state index is 12.7. The second kappa shape index (κ2) is 6.26. The third-order valence-corrected chi connectivity index (χ3v) is 3.86. The summed E-state index contributed by atoms with van der Waals surface area (Å²) in [6.07, 6.45) is 2.08. The number of rotatable bonds is 4. The minimum absolute atomic E-state index is 0.0242. The molecule has 0 aromatic heterocycles. The molecule has 1 amide bonds. The maximum atomic E-state index is 12.7. The first-order chi connectivity index (χ1) is 10.3. The summed E-state index contributed by atoms with van der Waals surface area (Å²) in [4.78, 5) is 14.5. The molecular weight excluding hydrogens is 266 g/mol. The number of nitrogens with zero attached hydrogens (tertiary/aromatic N) is 3. The lowest BCUT2D eigenvalue weighted by atomic mass is 10.1. The first-order valence-corrected chi connectivity index (χ1v) is 7.64. The molecule has 2 heterocycles. The molecule has 2 aliphatic heterocycles. The van der Waals surface area contributed by atoms with Crippen LogP contribution in [0, 0.1) is 0 Å². The highest BCUT2D eigenvalue weighted by Crippen LogP contribution is 2.29. The Hall–Kier alpha value is -1.88. The van der Waals surface area contributed by atoms with Crippen molar-refractivity contribution >= 4 is 17.3 Å². The van der Waals surface area contributed by atoms with Gasteiger partial charge in [0.1, 0.15) is 0 Å². The van der Waals surface area contributed by atoms with Gasteiger partial charge in [-0.25, -0.2) is 0 Å². The second-order valence-electron chi connectivity index (χ2n) is 5.34. The number of morpholine rings is 1. The van der Waals surface area contributed by atoms with Gasteiger partial charge in [-0.2, -0.15) is 5.10 Å². The number of hydrazone groups is 1. The summed E-state index contributed by atoms with van der Waals surface area (Å²) in [5.41, 5.74) is 2.51. The minimum atomic E-state index is 0.0242. The number of fused-ring (bicyclic) bond motifs is 1. The molecule has 0 bridgehead atoms. The molecule has 3 rings (SSSR count). The zero-order valence-electron chi connectivity index (χ0n) is 12.4. The highest BCUT2D eigenvalue weighted by atomic mass is 16.5. The predicted molar refractivity (Wildman–Crippen MR) is 82.6 cm³/mol. The number of hydrogen-bond acceptors (Lipinski definition) is 4. The lowest BCUT2D eigenvalue weighted by Crippen LogP contribution is -2.36. The number of carbonyl (C=O) groups excluding carboxylic acids is 1. The van der Waals surface area contributed by atoms with Gasteiger partial charge in [0.15, 0.2) is 5.71 Å². The SMILES string of the molecule is CCCCN1C(=O)C(=NN2CCOCC2)c2ccccc21. The van der Waals surface area contributed by atoms with Crippen molar-refractivity contribution < 1.29 is 9.53 Å². The lowest BCUT2D eigenvalue weighted by molar-refractivity contribution is -0.112. The molecule has 5 heteroatoms. The summed E-state index contributed by atoms with van der Waals surface area (Å²) in [6.45, 7) is 5.73. The van der Waals surface area contributed by atoms with Crippen LogP contribution in [0.3, 0.4) is 0 Å². The minimum Gasteiger partial charge on any atom is -0.378 e.